The van der Waals surface area contributed by atoms with Gasteiger partial charge in [-0.3, -0.25) is 4.79 Å². The number of hydrogen-bond acceptors (Lipinski definition) is 4. The lowest BCUT2D eigenvalue weighted by Crippen LogP contribution is -2.23. The molecule has 0 spiro atoms. The van der Waals surface area contributed by atoms with Gasteiger partial charge < -0.3 is 10.4 Å². The van der Waals surface area contributed by atoms with Crippen molar-refractivity contribution in [3.63, 3.8) is 0 Å². The molecule has 138 valence electrons. The number of phenolic OH excluding ortho intramolecular Hbond substituents is 1. The van der Waals surface area contributed by atoms with Crippen molar-refractivity contribution in [1.82, 2.24) is 15.0 Å². The van der Waals surface area contributed by atoms with Gasteiger partial charge in [0.05, 0.1) is 10.7 Å². The molecule has 1 amide bonds. The molecule has 0 aliphatic carbocycles. The first-order valence-electron chi connectivity index (χ1n) is 8.84. The third kappa shape index (κ3) is 2.70. The summed E-state index contributed by atoms with van der Waals surface area (Å²) >= 11 is 6.12. The summed E-state index contributed by atoms with van der Waals surface area (Å²) in [6.45, 7) is 0. The molecule has 1 aliphatic rings. The topological polar surface area (TPSA) is 80.0 Å². The number of benzene rings is 3. The molecule has 1 aromatic heterocycles. The third-order valence-electron chi connectivity index (χ3n) is 4.97. The molecule has 2 heterocycles. The van der Waals surface area contributed by atoms with E-state index in [1.165, 1.54) is 0 Å². The van der Waals surface area contributed by atoms with Crippen LogP contribution in [0.2, 0.25) is 5.02 Å². The van der Waals surface area contributed by atoms with Gasteiger partial charge in [0, 0.05) is 23.6 Å². The Bertz CT molecular complexity index is 1220. The molecule has 1 aliphatic heterocycles. The number of nitrogens with zero attached hydrogens (tertiary/aromatic N) is 3. The Morgan fingerprint density at radius 1 is 1.07 bits per heavy atom. The van der Waals surface area contributed by atoms with Crippen LogP contribution >= 0.6 is 11.6 Å². The fourth-order valence-electron chi connectivity index (χ4n) is 3.65. The lowest BCUT2D eigenvalue weighted by molar-refractivity contribution is -0.116. The van der Waals surface area contributed by atoms with Gasteiger partial charge in [0.1, 0.15) is 16.8 Å². The zero-order valence-corrected chi connectivity index (χ0v) is 15.4. The van der Waals surface area contributed by atoms with Crippen LogP contribution < -0.4 is 5.32 Å². The van der Waals surface area contributed by atoms with Crippen molar-refractivity contribution in [3.05, 3.63) is 76.8 Å². The van der Waals surface area contributed by atoms with Crippen molar-refractivity contribution >= 4 is 34.2 Å². The first-order valence-corrected chi connectivity index (χ1v) is 9.21. The molecule has 2 N–H and O–H groups in total. The zero-order chi connectivity index (χ0) is 19.3. The molecule has 0 saturated carbocycles. The molecule has 5 rings (SSSR count). The van der Waals surface area contributed by atoms with Gasteiger partial charge in [0.2, 0.25) is 5.91 Å². The quantitative estimate of drug-likeness (QED) is 0.536. The van der Waals surface area contributed by atoms with Gasteiger partial charge in [-0.2, -0.15) is 4.80 Å². The van der Waals surface area contributed by atoms with Crippen LogP contribution in [0.4, 0.5) is 5.69 Å². The van der Waals surface area contributed by atoms with Crippen molar-refractivity contribution in [1.29, 1.82) is 0 Å². The van der Waals surface area contributed by atoms with E-state index in [2.05, 4.69) is 10.4 Å². The molecule has 0 bridgehead atoms. The highest BCUT2D eigenvalue weighted by atomic mass is 35.5. The number of anilines is 1. The molecule has 4 aromatic rings. The van der Waals surface area contributed by atoms with Crippen molar-refractivity contribution in [3.8, 4) is 11.4 Å². The molecule has 0 radical (unpaired) electrons. The maximum atomic E-state index is 12.3. The summed E-state index contributed by atoms with van der Waals surface area (Å²) in [6, 6.07) is 18.4. The molecule has 0 unspecified atom stereocenters. The number of aromatic nitrogens is 3. The number of fused-ring (bicyclic) bond motifs is 3. The van der Waals surface area contributed by atoms with Crippen LogP contribution in [0.25, 0.3) is 16.7 Å². The van der Waals surface area contributed by atoms with Crippen molar-refractivity contribution in [2.75, 3.05) is 5.32 Å². The number of hydrogen-bond donors (Lipinski definition) is 2. The second-order valence-corrected chi connectivity index (χ2v) is 7.14. The smallest absolute Gasteiger partial charge is 0.225 e. The van der Waals surface area contributed by atoms with Crippen LogP contribution in [0, 0.1) is 0 Å². The van der Waals surface area contributed by atoms with Gasteiger partial charge >= 0.3 is 0 Å². The molecular formula is C21H15ClN4O2. The number of nitrogens with one attached hydrogen (secondary N) is 1. The van der Waals surface area contributed by atoms with Crippen LogP contribution in [0.5, 0.6) is 5.75 Å². The van der Waals surface area contributed by atoms with Gasteiger partial charge in [-0.1, -0.05) is 35.9 Å². The molecule has 7 heteroatoms. The van der Waals surface area contributed by atoms with E-state index in [-0.39, 0.29) is 29.0 Å². The number of halogens is 1. The minimum Gasteiger partial charge on any atom is -0.506 e. The molecule has 0 saturated heterocycles. The number of para-hydroxylation sites is 1. The van der Waals surface area contributed by atoms with Gasteiger partial charge in [-0.25, -0.2) is 0 Å². The Hall–Kier alpha value is -3.38. The largest absolute Gasteiger partial charge is 0.506 e. The highest BCUT2D eigenvalue weighted by Gasteiger charge is 2.30. The fraction of sp³-hybridized carbons (Fsp3) is 0.0952. The summed E-state index contributed by atoms with van der Waals surface area (Å²) in [5, 5.41) is 22.2. The summed E-state index contributed by atoms with van der Waals surface area (Å²) in [5.41, 5.74) is 4.81. The lowest BCUT2D eigenvalue weighted by Gasteiger charge is -2.26. The summed E-state index contributed by atoms with van der Waals surface area (Å²) < 4.78 is 0. The molecule has 28 heavy (non-hydrogen) atoms. The van der Waals surface area contributed by atoms with Gasteiger partial charge in [0.25, 0.3) is 0 Å². The van der Waals surface area contributed by atoms with E-state index in [0.29, 0.717) is 0 Å². The Balaban J connectivity index is 1.72. The first kappa shape index (κ1) is 16.8. The van der Waals surface area contributed by atoms with Crippen molar-refractivity contribution in [2.45, 2.75) is 12.3 Å². The highest BCUT2D eigenvalue weighted by molar-refractivity contribution is 6.32. The summed E-state index contributed by atoms with van der Waals surface area (Å²) in [6.07, 6.45) is 0.269. The summed E-state index contributed by atoms with van der Waals surface area (Å²) in [5.74, 6) is -0.290. The predicted octanol–water partition coefficient (Wildman–Crippen LogP) is 4.25. The summed E-state index contributed by atoms with van der Waals surface area (Å²) in [7, 11) is 0. The van der Waals surface area contributed by atoms with Crippen LogP contribution in [0.3, 0.4) is 0 Å². The summed E-state index contributed by atoms with van der Waals surface area (Å²) in [4.78, 5) is 13.9. The van der Waals surface area contributed by atoms with E-state index in [0.717, 1.165) is 33.5 Å². The second kappa shape index (κ2) is 6.35. The van der Waals surface area contributed by atoms with Crippen LogP contribution in [-0.2, 0) is 4.79 Å². The standard InChI is InChI=1S/C21H15ClN4O2/c22-15-10-12(6-9-18(15)27)14-11-19(28)23-16-7-8-17-21(20(14)16)25-26(24-17)13-4-2-1-3-5-13/h1-10,14,27H,11H2,(H,23,28)/t14-/m1/s1. The fourth-order valence-corrected chi connectivity index (χ4v) is 3.84. The number of carbonyl (C=O) groups excluding carboxylic acids is 1. The van der Waals surface area contributed by atoms with E-state index >= 15 is 0 Å². The molecule has 3 aromatic carbocycles. The van der Waals surface area contributed by atoms with E-state index in [9.17, 15) is 9.90 Å². The van der Waals surface area contributed by atoms with Crippen LogP contribution in [0.1, 0.15) is 23.5 Å². The van der Waals surface area contributed by atoms with Gasteiger partial charge in [0.15, 0.2) is 0 Å². The van der Waals surface area contributed by atoms with E-state index < -0.39 is 0 Å². The second-order valence-electron chi connectivity index (χ2n) is 6.74. The zero-order valence-electron chi connectivity index (χ0n) is 14.6. The SMILES string of the molecule is O=C1C[C@H](c2ccc(O)c(Cl)c2)c2c(ccc3nn(-c4ccccc4)nc23)N1. The lowest BCUT2D eigenvalue weighted by atomic mass is 9.84. The molecule has 6 nitrogen and oxygen atoms in total. The van der Waals surface area contributed by atoms with Crippen LogP contribution in [0.15, 0.2) is 60.7 Å². The maximum absolute atomic E-state index is 12.3. The Morgan fingerprint density at radius 2 is 1.89 bits per heavy atom. The van der Waals surface area contributed by atoms with Crippen molar-refractivity contribution < 1.29 is 9.90 Å². The average Bonchev–Trinajstić information content (AvgIpc) is 3.14. The molecule has 1 atom stereocenters. The number of rotatable bonds is 2. The maximum Gasteiger partial charge on any atom is 0.225 e. The Morgan fingerprint density at radius 3 is 2.68 bits per heavy atom. The monoisotopic (exact) mass is 390 g/mol. The van der Waals surface area contributed by atoms with E-state index in [1.807, 2.05) is 42.5 Å². The number of aromatic hydroxyl groups is 1. The number of amides is 1. The number of carbonyl (C=O) groups is 1. The van der Waals surface area contributed by atoms with E-state index in [1.54, 1.807) is 23.0 Å². The molecule has 0 fully saturated rings. The molecular weight excluding hydrogens is 376 g/mol. The highest BCUT2D eigenvalue weighted by Crippen LogP contribution is 2.42. The van der Waals surface area contributed by atoms with E-state index in [4.69, 9.17) is 16.7 Å². The Kier molecular flexibility index (Phi) is 3.80. The van der Waals surface area contributed by atoms with Gasteiger partial charge in [-0.05, 0) is 42.0 Å². The minimum absolute atomic E-state index is 0.0131. The van der Waals surface area contributed by atoms with Crippen LogP contribution in [-0.4, -0.2) is 26.0 Å². The average molecular weight is 391 g/mol. The van der Waals surface area contributed by atoms with Crippen molar-refractivity contribution in [2.24, 2.45) is 0 Å². The minimum atomic E-state index is -0.230. The third-order valence-corrected chi connectivity index (χ3v) is 5.27. The first-order chi connectivity index (χ1) is 13.6. The normalized spacial score (nSPS) is 16.0. The van der Waals surface area contributed by atoms with Gasteiger partial charge in [-0.15, -0.1) is 10.2 Å². The Labute approximate surface area is 165 Å². The number of phenols is 1. The predicted molar refractivity (Wildman–Crippen MR) is 107 cm³/mol.